The highest BCUT2D eigenvalue weighted by Gasteiger charge is 2.16. The summed E-state index contributed by atoms with van der Waals surface area (Å²) in [6, 6.07) is 4.96. The lowest BCUT2D eigenvalue weighted by molar-refractivity contribution is 0.0692. The smallest absolute Gasteiger partial charge is 0.341 e. The van der Waals surface area contributed by atoms with Crippen molar-refractivity contribution in [2.75, 3.05) is 19.0 Å². The summed E-state index contributed by atoms with van der Waals surface area (Å²) in [6.45, 7) is 3.74. The Labute approximate surface area is 149 Å². The minimum atomic E-state index is -1.13. The number of methoxy groups -OCH3 is 1. The number of ether oxygens (including phenoxy) is 1. The summed E-state index contributed by atoms with van der Waals surface area (Å²) in [6.07, 6.45) is 3.20. The van der Waals surface area contributed by atoms with Crippen molar-refractivity contribution < 1.29 is 19.7 Å². The van der Waals surface area contributed by atoms with Crippen LogP contribution in [0.3, 0.4) is 0 Å². The number of nitrogens with zero attached hydrogens (tertiary/aromatic N) is 4. The van der Waals surface area contributed by atoms with E-state index < -0.39 is 11.6 Å². The predicted octanol–water partition coefficient (Wildman–Crippen LogP) is 1.68. The second kappa shape index (κ2) is 6.60. The Bertz CT molecular complexity index is 961. The van der Waals surface area contributed by atoms with Crippen LogP contribution in [0.4, 0.5) is 5.82 Å². The Morgan fingerprint density at radius 2 is 2.15 bits per heavy atom. The second-order valence-electron chi connectivity index (χ2n) is 6.40. The van der Waals surface area contributed by atoms with Crippen LogP contribution >= 0.6 is 0 Å². The van der Waals surface area contributed by atoms with E-state index in [1.165, 1.54) is 19.4 Å². The Kier molecular flexibility index (Phi) is 4.47. The van der Waals surface area contributed by atoms with Crippen molar-refractivity contribution in [3.8, 4) is 17.1 Å². The number of pyridine rings is 1. The lowest BCUT2D eigenvalue weighted by Crippen LogP contribution is -2.29. The fraction of sp³-hybridized carbons (Fsp3) is 0.294. The number of aromatic nitrogens is 4. The molecule has 0 saturated carbocycles. The van der Waals surface area contributed by atoms with E-state index in [0.717, 1.165) is 0 Å². The van der Waals surface area contributed by atoms with Gasteiger partial charge in [-0.15, -0.1) is 0 Å². The molecule has 0 spiro atoms. The molecule has 3 N–H and O–H groups in total. The molecule has 0 saturated heterocycles. The standard InChI is InChI=1S/C17H19N5O4/c1-17(2,25)9-19-13-8-22-14(20-13)5-4-12(21-22)10-6-11(16(23)24)15(26-3)18-7-10/h4-8,19,25H,9H2,1-3H3,(H,23,24). The highest BCUT2D eigenvalue weighted by atomic mass is 16.5. The highest BCUT2D eigenvalue weighted by molar-refractivity contribution is 5.91. The quantitative estimate of drug-likeness (QED) is 0.609. The Balaban J connectivity index is 1.94. The summed E-state index contributed by atoms with van der Waals surface area (Å²) >= 11 is 0. The summed E-state index contributed by atoms with van der Waals surface area (Å²) in [5, 5.41) is 26.6. The van der Waals surface area contributed by atoms with Gasteiger partial charge in [0.25, 0.3) is 0 Å². The van der Waals surface area contributed by atoms with Crippen LogP contribution in [0.25, 0.3) is 16.9 Å². The first-order valence-electron chi connectivity index (χ1n) is 7.87. The minimum Gasteiger partial charge on any atom is -0.480 e. The molecule has 3 heterocycles. The molecule has 136 valence electrons. The zero-order valence-electron chi connectivity index (χ0n) is 14.6. The van der Waals surface area contributed by atoms with E-state index in [2.05, 4.69) is 20.4 Å². The third kappa shape index (κ3) is 3.72. The first-order valence-corrected chi connectivity index (χ1v) is 7.87. The number of carboxylic acid groups (broad SMARTS) is 1. The molecule has 9 heteroatoms. The normalized spacial score (nSPS) is 11.5. The number of carbonyl (C=O) groups is 1. The topological polar surface area (TPSA) is 122 Å². The average molecular weight is 357 g/mol. The van der Waals surface area contributed by atoms with Crippen molar-refractivity contribution in [1.29, 1.82) is 0 Å². The maximum atomic E-state index is 11.3. The van der Waals surface area contributed by atoms with Crippen LogP contribution in [0.15, 0.2) is 30.6 Å². The molecular weight excluding hydrogens is 338 g/mol. The molecule has 0 unspecified atom stereocenters. The zero-order chi connectivity index (χ0) is 18.9. The number of imidazole rings is 1. The number of aromatic carboxylic acids is 1. The Morgan fingerprint density at radius 3 is 2.81 bits per heavy atom. The van der Waals surface area contributed by atoms with Gasteiger partial charge in [-0.3, -0.25) is 0 Å². The molecule has 0 aromatic carbocycles. The second-order valence-corrected chi connectivity index (χ2v) is 6.40. The number of aliphatic hydroxyl groups is 1. The minimum absolute atomic E-state index is 0.0370. The largest absolute Gasteiger partial charge is 0.480 e. The number of rotatable bonds is 6. The lowest BCUT2D eigenvalue weighted by atomic mass is 10.1. The van der Waals surface area contributed by atoms with Crippen LogP contribution in [0, 0.1) is 0 Å². The van der Waals surface area contributed by atoms with Gasteiger partial charge in [0.2, 0.25) is 5.88 Å². The molecule has 26 heavy (non-hydrogen) atoms. The third-order valence-corrected chi connectivity index (χ3v) is 3.59. The van der Waals surface area contributed by atoms with Crippen LogP contribution < -0.4 is 10.1 Å². The van der Waals surface area contributed by atoms with Gasteiger partial charge in [0, 0.05) is 18.3 Å². The van der Waals surface area contributed by atoms with E-state index in [1.807, 2.05) is 0 Å². The van der Waals surface area contributed by atoms with Gasteiger partial charge in [-0.2, -0.15) is 5.10 Å². The molecule has 9 nitrogen and oxygen atoms in total. The van der Waals surface area contributed by atoms with Gasteiger partial charge < -0.3 is 20.3 Å². The van der Waals surface area contributed by atoms with Gasteiger partial charge in [0.05, 0.1) is 24.6 Å². The number of fused-ring (bicyclic) bond motifs is 1. The van der Waals surface area contributed by atoms with Gasteiger partial charge in [-0.05, 0) is 32.0 Å². The molecule has 0 atom stereocenters. The monoisotopic (exact) mass is 357 g/mol. The summed E-state index contributed by atoms with van der Waals surface area (Å²) in [5.74, 6) is -0.503. The number of carboxylic acids is 1. The average Bonchev–Trinajstić information content (AvgIpc) is 3.01. The van der Waals surface area contributed by atoms with E-state index in [1.54, 1.807) is 36.7 Å². The van der Waals surface area contributed by atoms with E-state index in [9.17, 15) is 15.0 Å². The van der Waals surface area contributed by atoms with Crippen LogP contribution in [0.1, 0.15) is 24.2 Å². The van der Waals surface area contributed by atoms with Crippen molar-refractivity contribution in [3.05, 3.63) is 36.2 Å². The SMILES string of the molecule is COc1ncc(-c2ccc3nc(NCC(C)(C)O)cn3n2)cc1C(=O)O. The zero-order valence-corrected chi connectivity index (χ0v) is 14.6. The number of nitrogens with one attached hydrogen (secondary N) is 1. The van der Waals surface area contributed by atoms with Crippen molar-refractivity contribution >= 4 is 17.4 Å². The van der Waals surface area contributed by atoms with Crippen molar-refractivity contribution in [1.82, 2.24) is 19.6 Å². The van der Waals surface area contributed by atoms with Crippen LogP contribution in [0.2, 0.25) is 0 Å². The van der Waals surface area contributed by atoms with Crippen molar-refractivity contribution in [2.45, 2.75) is 19.4 Å². The van der Waals surface area contributed by atoms with Crippen LogP contribution in [-0.2, 0) is 0 Å². The fourth-order valence-corrected chi connectivity index (χ4v) is 2.34. The molecule has 0 bridgehead atoms. The first-order chi connectivity index (χ1) is 12.3. The van der Waals surface area contributed by atoms with Gasteiger partial charge >= 0.3 is 5.97 Å². The fourth-order valence-electron chi connectivity index (χ4n) is 2.34. The summed E-state index contributed by atoms with van der Waals surface area (Å²) in [7, 11) is 1.37. The molecule has 0 aliphatic rings. The van der Waals surface area contributed by atoms with Crippen molar-refractivity contribution in [2.24, 2.45) is 0 Å². The maximum absolute atomic E-state index is 11.3. The molecule has 3 rings (SSSR count). The van der Waals surface area contributed by atoms with E-state index in [4.69, 9.17) is 4.74 Å². The highest BCUT2D eigenvalue weighted by Crippen LogP contribution is 2.23. The number of hydrogen-bond donors (Lipinski definition) is 3. The summed E-state index contributed by atoms with van der Waals surface area (Å²) in [5.41, 5.74) is 0.805. The lowest BCUT2D eigenvalue weighted by Gasteiger charge is -2.16. The number of anilines is 1. The maximum Gasteiger partial charge on any atom is 0.341 e. The van der Waals surface area contributed by atoms with Gasteiger partial charge in [0.15, 0.2) is 5.65 Å². The molecule has 3 aromatic heterocycles. The molecule has 0 aliphatic carbocycles. The molecule has 0 amide bonds. The third-order valence-electron chi connectivity index (χ3n) is 3.59. The van der Waals surface area contributed by atoms with E-state index in [-0.39, 0.29) is 11.4 Å². The number of hydrogen-bond acceptors (Lipinski definition) is 7. The van der Waals surface area contributed by atoms with Gasteiger partial charge in [-0.25, -0.2) is 19.3 Å². The Morgan fingerprint density at radius 1 is 1.38 bits per heavy atom. The molecular formula is C17H19N5O4. The summed E-state index contributed by atoms with van der Waals surface area (Å²) < 4.78 is 6.55. The van der Waals surface area contributed by atoms with Crippen molar-refractivity contribution in [3.63, 3.8) is 0 Å². The molecule has 3 aromatic rings. The summed E-state index contributed by atoms with van der Waals surface area (Å²) in [4.78, 5) is 19.7. The van der Waals surface area contributed by atoms with Crippen LogP contribution in [-0.4, -0.2) is 55.0 Å². The molecule has 0 radical (unpaired) electrons. The predicted molar refractivity (Wildman–Crippen MR) is 94.5 cm³/mol. The van der Waals surface area contributed by atoms with Gasteiger partial charge in [-0.1, -0.05) is 0 Å². The Hall–Kier alpha value is -3.20. The van der Waals surface area contributed by atoms with Crippen LogP contribution in [0.5, 0.6) is 5.88 Å². The van der Waals surface area contributed by atoms with E-state index in [0.29, 0.717) is 29.3 Å². The molecule has 0 fully saturated rings. The van der Waals surface area contributed by atoms with Gasteiger partial charge in [0.1, 0.15) is 11.4 Å². The molecule has 0 aliphatic heterocycles. The first kappa shape index (κ1) is 17.6. The van der Waals surface area contributed by atoms with E-state index >= 15 is 0 Å².